The number of nitrogens with zero attached hydrogens (tertiary/aromatic N) is 2. The highest BCUT2D eigenvalue weighted by Crippen LogP contribution is 2.28. The Hall–Kier alpha value is 0.350. The van der Waals surface area contributed by atoms with E-state index in [0.29, 0.717) is 5.25 Å². The van der Waals surface area contributed by atoms with Crippen molar-refractivity contribution in [3.63, 3.8) is 0 Å². The maximum absolute atomic E-state index is 6.33. The second-order valence-electron chi connectivity index (χ2n) is 4.32. The topological polar surface area (TPSA) is 43.8 Å². The van der Waals surface area contributed by atoms with E-state index in [2.05, 4.69) is 21.0 Å². The summed E-state index contributed by atoms with van der Waals surface area (Å²) in [5, 5.41) is 4.99. The minimum atomic E-state index is 0.221. The van der Waals surface area contributed by atoms with E-state index in [4.69, 9.17) is 5.73 Å². The number of hydrogen-bond donors (Lipinski definition) is 1. The lowest BCUT2D eigenvalue weighted by Crippen LogP contribution is -2.38. The van der Waals surface area contributed by atoms with Gasteiger partial charge in [-0.05, 0) is 22.9 Å². The van der Waals surface area contributed by atoms with Gasteiger partial charge >= 0.3 is 0 Å². The number of thioether (sulfide) groups is 2. The van der Waals surface area contributed by atoms with Crippen molar-refractivity contribution in [2.45, 2.75) is 24.6 Å². The fraction of sp³-hybridized carbons (Fsp3) is 0.727. The summed E-state index contributed by atoms with van der Waals surface area (Å²) in [5.74, 6) is 3.68. The summed E-state index contributed by atoms with van der Waals surface area (Å²) in [4.78, 5) is 0. The molecule has 0 spiro atoms. The Morgan fingerprint density at radius 3 is 2.88 bits per heavy atom. The average Bonchev–Trinajstić information content (AvgIpc) is 2.57. The van der Waals surface area contributed by atoms with Gasteiger partial charge in [0.15, 0.2) is 0 Å². The summed E-state index contributed by atoms with van der Waals surface area (Å²) in [6, 6.07) is 0.221. The van der Waals surface area contributed by atoms with Crippen LogP contribution in [0.5, 0.6) is 0 Å². The van der Waals surface area contributed by atoms with E-state index in [0.717, 1.165) is 16.6 Å². The summed E-state index contributed by atoms with van der Waals surface area (Å²) in [7, 11) is 1.99. The lowest BCUT2D eigenvalue weighted by molar-refractivity contribution is 0.611. The molecule has 3 nitrogen and oxygen atoms in total. The number of hydrogen-bond acceptors (Lipinski definition) is 4. The molecule has 17 heavy (non-hydrogen) atoms. The van der Waals surface area contributed by atoms with Crippen LogP contribution in [-0.4, -0.2) is 38.3 Å². The third-order valence-electron chi connectivity index (χ3n) is 3.01. The van der Waals surface area contributed by atoms with Gasteiger partial charge in [0.05, 0.1) is 15.9 Å². The summed E-state index contributed by atoms with van der Waals surface area (Å²) >= 11 is 7.64. The molecule has 0 bridgehead atoms. The van der Waals surface area contributed by atoms with Crippen LogP contribution in [0.3, 0.4) is 0 Å². The molecule has 0 aliphatic carbocycles. The van der Waals surface area contributed by atoms with Gasteiger partial charge in [0, 0.05) is 42.0 Å². The van der Waals surface area contributed by atoms with E-state index in [9.17, 15) is 0 Å². The Balaban J connectivity index is 2.04. The van der Waals surface area contributed by atoms with Crippen LogP contribution in [0.2, 0.25) is 0 Å². The SMILES string of the molecule is Cc1nn(C)c(CC(N)C2CSCCS2)c1Br. The van der Waals surface area contributed by atoms with Crippen LogP contribution in [0, 0.1) is 6.92 Å². The molecular formula is C11H18BrN3S2. The van der Waals surface area contributed by atoms with Crippen molar-refractivity contribution in [1.29, 1.82) is 0 Å². The van der Waals surface area contributed by atoms with Crippen molar-refractivity contribution in [1.82, 2.24) is 9.78 Å². The fourth-order valence-electron chi connectivity index (χ4n) is 2.01. The maximum Gasteiger partial charge on any atom is 0.0738 e. The van der Waals surface area contributed by atoms with Crippen LogP contribution in [0.1, 0.15) is 11.4 Å². The average molecular weight is 336 g/mol. The number of rotatable bonds is 3. The number of aromatic nitrogens is 2. The van der Waals surface area contributed by atoms with Gasteiger partial charge < -0.3 is 5.73 Å². The zero-order chi connectivity index (χ0) is 12.4. The van der Waals surface area contributed by atoms with Crippen molar-refractivity contribution in [3.8, 4) is 0 Å². The molecule has 1 aliphatic rings. The molecule has 2 heterocycles. The molecule has 2 atom stereocenters. The maximum atomic E-state index is 6.33. The van der Waals surface area contributed by atoms with Crippen LogP contribution in [0.4, 0.5) is 0 Å². The van der Waals surface area contributed by atoms with Crippen LogP contribution in [-0.2, 0) is 13.5 Å². The van der Waals surface area contributed by atoms with Gasteiger partial charge in [0.25, 0.3) is 0 Å². The Kier molecular flexibility index (Phi) is 4.86. The Morgan fingerprint density at radius 1 is 1.59 bits per heavy atom. The molecule has 0 saturated carbocycles. The van der Waals surface area contributed by atoms with E-state index < -0.39 is 0 Å². The molecule has 0 amide bonds. The first kappa shape index (κ1) is 13.8. The minimum absolute atomic E-state index is 0.221. The van der Waals surface area contributed by atoms with E-state index in [1.807, 2.05) is 42.2 Å². The summed E-state index contributed by atoms with van der Waals surface area (Å²) in [5.41, 5.74) is 8.59. The van der Waals surface area contributed by atoms with Crippen LogP contribution >= 0.6 is 39.5 Å². The van der Waals surface area contributed by atoms with Gasteiger partial charge in [-0.1, -0.05) is 0 Å². The van der Waals surface area contributed by atoms with E-state index in [1.54, 1.807) is 0 Å². The second kappa shape index (κ2) is 5.99. The van der Waals surface area contributed by atoms with Crippen LogP contribution in [0.15, 0.2) is 4.47 Å². The predicted octanol–water partition coefficient (Wildman–Crippen LogP) is 2.21. The lowest BCUT2D eigenvalue weighted by Gasteiger charge is -2.26. The first-order valence-corrected chi connectivity index (χ1v) is 8.72. The second-order valence-corrected chi connectivity index (χ2v) is 7.61. The molecule has 0 radical (unpaired) electrons. The summed E-state index contributed by atoms with van der Waals surface area (Å²) in [6.07, 6.45) is 0.899. The van der Waals surface area contributed by atoms with Crippen molar-refractivity contribution in [2.75, 3.05) is 17.3 Å². The van der Waals surface area contributed by atoms with Gasteiger partial charge in [0.2, 0.25) is 0 Å². The monoisotopic (exact) mass is 335 g/mol. The zero-order valence-electron chi connectivity index (χ0n) is 10.1. The molecule has 2 N–H and O–H groups in total. The number of aryl methyl sites for hydroxylation is 2. The largest absolute Gasteiger partial charge is 0.326 e. The van der Waals surface area contributed by atoms with Crippen molar-refractivity contribution < 1.29 is 0 Å². The van der Waals surface area contributed by atoms with Crippen molar-refractivity contribution >= 4 is 39.5 Å². The summed E-state index contributed by atoms with van der Waals surface area (Å²) < 4.78 is 3.06. The molecule has 2 unspecified atom stereocenters. The first-order chi connectivity index (χ1) is 8.09. The fourth-order valence-corrected chi connectivity index (χ4v) is 5.33. The molecule has 1 aromatic heterocycles. The zero-order valence-corrected chi connectivity index (χ0v) is 13.4. The molecule has 96 valence electrons. The first-order valence-electron chi connectivity index (χ1n) is 5.72. The molecule has 1 saturated heterocycles. The van der Waals surface area contributed by atoms with Gasteiger partial charge in [-0.15, -0.1) is 0 Å². The molecule has 0 aromatic carbocycles. The van der Waals surface area contributed by atoms with Crippen molar-refractivity contribution in [2.24, 2.45) is 12.8 Å². The van der Waals surface area contributed by atoms with Crippen LogP contribution in [0.25, 0.3) is 0 Å². The Morgan fingerprint density at radius 2 is 2.35 bits per heavy atom. The molecule has 1 aliphatic heterocycles. The van der Waals surface area contributed by atoms with E-state index >= 15 is 0 Å². The Labute approximate surface area is 119 Å². The van der Waals surface area contributed by atoms with Crippen LogP contribution < -0.4 is 5.73 Å². The summed E-state index contributed by atoms with van der Waals surface area (Å²) in [6.45, 7) is 2.02. The highest BCUT2D eigenvalue weighted by molar-refractivity contribution is 9.10. The normalized spacial score (nSPS) is 22.7. The molecule has 6 heteroatoms. The molecular weight excluding hydrogens is 318 g/mol. The molecule has 2 rings (SSSR count). The standard InChI is InChI=1S/C11H18BrN3S2/c1-7-11(12)9(15(2)14-7)5-8(13)10-6-16-3-4-17-10/h8,10H,3-6,13H2,1-2H3. The van der Waals surface area contributed by atoms with Gasteiger partial charge in [-0.3, -0.25) is 4.68 Å². The van der Waals surface area contributed by atoms with Gasteiger partial charge in [-0.25, -0.2) is 0 Å². The highest BCUT2D eigenvalue weighted by Gasteiger charge is 2.24. The lowest BCUT2D eigenvalue weighted by atomic mass is 10.1. The van der Waals surface area contributed by atoms with E-state index in [-0.39, 0.29) is 6.04 Å². The number of halogens is 1. The van der Waals surface area contributed by atoms with Gasteiger partial charge in [-0.2, -0.15) is 28.6 Å². The molecule has 1 fully saturated rings. The smallest absolute Gasteiger partial charge is 0.0738 e. The molecule has 1 aromatic rings. The number of nitrogens with two attached hydrogens (primary N) is 1. The highest BCUT2D eigenvalue weighted by atomic mass is 79.9. The van der Waals surface area contributed by atoms with E-state index in [1.165, 1.54) is 23.0 Å². The predicted molar refractivity (Wildman–Crippen MR) is 80.9 cm³/mol. The quantitative estimate of drug-likeness (QED) is 0.919. The van der Waals surface area contributed by atoms with Gasteiger partial charge in [0.1, 0.15) is 0 Å². The minimum Gasteiger partial charge on any atom is -0.326 e. The third-order valence-corrected chi connectivity index (χ3v) is 6.98. The third kappa shape index (κ3) is 3.22. The van der Waals surface area contributed by atoms with Crippen molar-refractivity contribution in [3.05, 3.63) is 15.9 Å². The Bertz CT molecular complexity index is 388.